The predicted molar refractivity (Wildman–Crippen MR) is 155 cm³/mol. The van der Waals surface area contributed by atoms with E-state index in [9.17, 15) is 22.8 Å². The van der Waals surface area contributed by atoms with Gasteiger partial charge in [-0.2, -0.15) is 13.2 Å². The zero-order valence-corrected chi connectivity index (χ0v) is 24.4. The summed E-state index contributed by atoms with van der Waals surface area (Å²) in [5.74, 6) is 1.09. The number of halogens is 3. The molecule has 2 aromatic rings. The number of nitrogens with zero attached hydrogens (tertiary/aromatic N) is 2. The van der Waals surface area contributed by atoms with Crippen LogP contribution in [0.5, 0.6) is 11.5 Å². The van der Waals surface area contributed by atoms with Crippen LogP contribution < -0.4 is 20.1 Å². The zero-order chi connectivity index (χ0) is 31.2. The second-order valence-corrected chi connectivity index (χ2v) is 11.6. The lowest BCUT2D eigenvalue weighted by Gasteiger charge is -2.30. The second-order valence-electron chi connectivity index (χ2n) is 11.6. The van der Waals surface area contributed by atoms with E-state index in [0.717, 1.165) is 24.7 Å². The first-order valence-corrected chi connectivity index (χ1v) is 14.5. The number of ether oxygens (including phenoxy) is 3. The Hall–Kier alpha value is -4.32. The van der Waals surface area contributed by atoms with Gasteiger partial charge in [-0.3, -0.25) is 9.59 Å². The fourth-order valence-electron chi connectivity index (χ4n) is 5.82. The lowest BCUT2D eigenvalue weighted by molar-refractivity contribution is -0.139. The number of nitrogens with one attached hydrogen (secondary N) is 2. The highest BCUT2D eigenvalue weighted by Crippen LogP contribution is 2.51. The van der Waals surface area contributed by atoms with E-state index in [-0.39, 0.29) is 35.3 Å². The molecular formula is C32H33F3N4O5. The van der Waals surface area contributed by atoms with E-state index >= 15 is 0 Å². The van der Waals surface area contributed by atoms with E-state index in [1.807, 2.05) is 7.05 Å². The van der Waals surface area contributed by atoms with Crippen LogP contribution in [0.2, 0.25) is 0 Å². The number of carbonyl (C=O) groups excluding carboxylic acids is 2. The smallest absolute Gasteiger partial charge is 0.419 e. The summed E-state index contributed by atoms with van der Waals surface area (Å²) < 4.78 is 59.4. The molecule has 4 aliphatic rings. The monoisotopic (exact) mass is 610 g/mol. The number of piperidine rings is 1. The van der Waals surface area contributed by atoms with Crippen molar-refractivity contribution in [3.63, 3.8) is 0 Å². The number of fused-ring (bicyclic) bond motifs is 2. The average Bonchev–Trinajstić information content (AvgIpc) is 3.54. The Balaban J connectivity index is 1.06. The summed E-state index contributed by atoms with van der Waals surface area (Å²) in [5.41, 5.74) is 0.446. The molecule has 3 aliphatic heterocycles. The van der Waals surface area contributed by atoms with Crippen molar-refractivity contribution in [1.82, 2.24) is 15.2 Å². The topological polar surface area (TPSA) is 102 Å². The number of aromatic nitrogens is 1. The van der Waals surface area contributed by atoms with Crippen molar-refractivity contribution in [3.8, 4) is 11.5 Å². The number of carbonyl (C=O) groups is 2. The Morgan fingerprint density at radius 3 is 2.68 bits per heavy atom. The Kier molecular flexibility index (Phi) is 7.87. The van der Waals surface area contributed by atoms with Crippen LogP contribution in [-0.2, 0) is 22.1 Å². The Morgan fingerprint density at radius 1 is 1.20 bits per heavy atom. The highest BCUT2D eigenvalue weighted by atomic mass is 19.4. The third-order valence-corrected chi connectivity index (χ3v) is 8.35. The van der Waals surface area contributed by atoms with Gasteiger partial charge >= 0.3 is 6.18 Å². The van der Waals surface area contributed by atoms with Crippen molar-refractivity contribution < 1.29 is 37.0 Å². The zero-order valence-electron chi connectivity index (χ0n) is 24.4. The number of rotatable bonds is 7. The maximum absolute atomic E-state index is 13.9. The van der Waals surface area contributed by atoms with Crippen LogP contribution >= 0.6 is 0 Å². The molecule has 9 nitrogen and oxygen atoms in total. The molecule has 0 unspecified atom stereocenters. The molecule has 0 spiro atoms. The number of likely N-dealkylation sites (tertiary alicyclic amines) is 1. The van der Waals surface area contributed by atoms with Crippen LogP contribution in [0, 0.1) is 5.92 Å². The third kappa shape index (κ3) is 6.17. The van der Waals surface area contributed by atoms with Gasteiger partial charge in [-0.25, -0.2) is 4.98 Å². The van der Waals surface area contributed by atoms with Gasteiger partial charge in [0.1, 0.15) is 41.0 Å². The van der Waals surface area contributed by atoms with E-state index in [1.54, 1.807) is 31.3 Å². The summed E-state index contributed by atoms with van der Waals surface area (Å²) in [6, 6.07) is 4.78. The Labute approximate surface area is 252 Å². The molecule has 2 amide bonds. The van der Waals surface area contributed by atoms with Gasteiger partial charge in [0.2, 0.25) is 5.91 Å². The van der Waals surface area contributed by atoms with Gasteiger partial charge in [0, 0.05) is 42.8 Å². The molecule has 3 atom stereocenters. The van der Waals surface area contributed by atoms with Gasteiger partial charge < -0.3 is 29.7 Å². The van der Waals surface area contributed by atoms with Crippen LogP contribution in [0.3, 0.4) is 0 Å². The van der Waals surface area contributed by atoms with Crippen LogP contribution in [0.15, 0.2) is 66.3 Å². The Morgan fingerprint density at radius 2 is 1.98 bits per heavy atom. The molecule has 12 heteroatoms. The van der Waals surface area contributed by atoms with E-state index in [4.69, 9.17) is 14.2 Å². The molecule has 4 heterocycles. The van der Waals surface area contributed by atoms with Gasteiger partial charge in [-0.15, -0.1) is 0 Å². The van der Waals surface area contributed by atoms with Gasteiger partial charge in [-0.1, -0.05) is 6.58 Å². The first kappa shape index (κ1) is 29.7. The molecule has 232 valence electrons. The lowest BCUT2D eigenvalue weighted by Crippen LogP contribution is -2.36. The van der Waals surface area contributed by atoms with Crippen LogP contribution in [0.25, 0.3) is 0 Å². The molecule has 0 radical (unpaired) electrons. The molecule has 2 N–H and O–H groups in total. The molecule has 1 aromatic heterocycles. The van der Waals surface area contributed by atoms with Crippen LogP contribution in [0.4, 0.5) is 19.0 Å². The van der Waals surface area contributed by atoms with Crippen LogP contribution in [0.1, 0.15) is 47.7 Å². The highest BCUT2D eigenvalue weighted by Gasteiger charge is 2.60. The number of benzene rings is 1. The minimum Gasteiger partial charge on any atom is -0.490 e. The summed E-state index contributed by atoms with van der Waals surface area (Å²) in [6.07, 6.45) is 1.87. The maximum Gasteiger partial charge on any atom is 0.419 e. The lowest BCUT2D eigenvalue weighted by atomic mass is 10.1. The van der Waals surface area contributed by atoms with Crippen molar-refractivity contribution in [1.29, 1.82) is 0 Å². The Bertz CT molecular complexity index is 1560. The summed E-state index contributed by atoms with van der Waals surface area (Å²) in [5, 5.41) is 5.54. The number of alkyl halides is 3. The number of amides is 2. The largest absolute Gasteiger partial charge is 0.490 e. The first-order chi connectivity index (χ1) is 21.0. The SMILES string of the molecule is C=C1/C(=C\C=C(/C)Oc2ccnc3c2CCC(=O)N3)O[C@@H]2[C@@H](NC(=O)c3ccc(OC4CCN(C)CC4)c(C(F)(F)F)c3)[C@H]12. The van der Waals surface area contributed by atoms with Gasteiger partial charge in [0.25, 0.3) is 5.91 Å². The van der Waals surface area contributed by atoms with Crippen LogP contribution in [-0.4, -0.2) is 60.1 Å². The molecule has 1 aromatic carbocycles. The fourth-order valence-corrected chi connectivity index (χ4v) is 5.82. The minimum absolute atomic E-state index is 0.0824. The molecule has 2 saturated heterocycles. The highest BCUT2D eigenvalue weighted by molar-refractivity contribution is 5.95. The minimum atomic E-state index is -4.67. The fraction of sp³-hybridized carbons (Fsp3) is 0.406. The number of anilines is 1. The summed E-state index contributed by atoms with van der Waals surface area (Å²) in [4.78, 5) is 30.9. The third-order valence-electron chi connectivity index (χ3n) is 8.35. The van der Waals surface area contributed by atoms with Crippen molar-refractivity contribution in [2.24, 2.45) is 5.92 Å². The number of hydrogen-bond acceptors (Lipinski definition) is 7. The van der Waals surface area contributed by atoms with Gasteiger partial charge in [0.05, 0.1) is 11.6 Å². The van der Waals surface area contributed by atoms with E-state index in [1.165, 1.54) is 12.1 Å². The van der Waals surface area contributed by atoms with Gasteiger partial charge in [-0.05, 0) is 75.2 Å². The standard InChI is InChI=1S/C32H33F3N4O5/c1-17(42-24-10-13-36-30-21(24)6-9-26(40)37-30)4-7-23-18(2)27-28(29(27)44-23)38-31(41)19-5-8-25(22(16-19)32(33,34)35)43-20-11-14-39(3)15-12-20/h4-5,7-8,10,13,16,20,27-29H,2,6,9,11-12,14-15H2,1,3H3,(H,38,41)(H,36,37,40)/b17-4+,23-7+/t27-,28-,29-/m0/s1. The molecular weight excluding hydrogens is 577 g/mol. The molecule has 6 rings (SSSR count). The number of hydrogen-bond donors (Lipinski definition) is 2. The molecule has 1 aliphatic carbocycles. The second kappa shape index (κ2) is 11.6. The molecule has 0 bridgehead atoms. The number of pyridine rings is 1. The average molecular weight is 611 g/mol. The van der Waals surface area contributed by atoms with Crippen molar-refractivity contribution in [2.45, 2.75) is 57.0 Å². The summed E-state index contributed by atoms with van der Waals surface area (Å²) >= 11 is 0. The molecule has 1 saturated carbocycles. The van der Waals surface area contributed by atoms with Crippen molar-refractivity contribution >= 4 is 17.6 Å². The van der Waals surface area contributed by atoms with Crippen molar-refractivity contribution in [2.75, 3.05) is 25.5 Å². The van der Waals surface area contributed by atoms with E-state index in [2.05, 4.69) is 27.1 Å². The van der Waals surface area contributed by atoms with E-state index in [0.29, 0.717) is 54.3 Å². The summed E-state index contributed by atoms with van der Waals surface area (Å²) in [6.45, 7) is 7.38. The maximum atomic E-state index is 13.9. The summed E-state index contributed by atoms with van der Waals surface area (Å²) in [7, 11) is 1.96. The van der Waals surface area contributed by atoms with Gasteiger partial charge in [0.15, 0.2) is 0 Å². The first-order valence-electron chi connectivity index (χ1n) is 14.5. The quantitative estimate of drug-likeness (QED) is 0.425. The molecule has 44 heavy (non-hydrogen) atoms. The normalized spacial score (nSPS) is 24.7. The van der Waals surface area contributed by atoms with E-state index < -0.39 is 23.7 Å². The predicted octanol–water partition coefficient (Wildman–Crippen LogP) is 5.01. The molecule has 3 fully saturated rings. The van der Waals surface area contributed by atoms with Crippen molar-refractivity contribution in [3.05, 3.63) is 83.0 Å². The number of allylic oxidation sites excluding steroid dienone is 4.